The third-order valence-electron chi connectivity index (χ3n) is 8.65. The molecule has 3 aliphatic heterocycles. The van der Waals surface area contributed by atoms with Crippen LogP contribution in [-0.2, 0) is 9.59 Å². The monoisotopic (exact) mass is 505 g/mol. The third-order valence-corrected chi connectivity index (χ3v) is 8.65. The van der Waals surface area contributed by atoms with Gasteiger partial charge in [-0.25, -0.2) is 8.78 Å². The lowest BCUT2D eigenvalue weighted by molar-refractivity contribution is -0.143. The van der Waals surface area contributed by atoms with Crippen LogP contribution in [0.25, 0.3) is 0 Å². The van der Waals surface area contributed by atoms with Crippen molar-refractivity contribution in [1.29, 1.82) is 0 Å². The van der Waals surface area contributed by atoms with Crippen molar-refractivity contribution < 1.29 is 23.5 Å². The second kappa shape index (κ2) is 10.3. The largest absolute Gasteiger partial charge is 0.481 e. The number of alkyl halides is 2. The fourth-order valence-electron chi connectivity index (χ4n) is 6.17. The quantitative estimate of drug-likeness (QED) is 0.600. The number of carbonyl (C=O) groups excluding carboxylic acids is 1. The molecule has 8 heteroatoms. The van der Waals surface area contributed by atoms with Gasteiger partial charge in [-0.2, -0.15) is 0 Å². The lowest BCUT2D eigenvalue weighted by Gasteiger charge is -2.40. The van der Waals surface area contributed by atoms with Gasteiger partial charge in [0.25, 0.3) is 6.43 Å². The van der Waals surface area contributed by atoms with Gasteiger partial charge in [0.15, 0.2) is 0 Å². The molecule has 3 aliphatic rings. The average Bonchev–Trinajstić information content (AvgIpc) is 3.27. The number of aliphatic carboxylic acids is 1. The van der Waals surface area contributed by atoms with Crippen molar-refractivity contribution in [2.75, 3.05) is 44.2 Å². The molecule has 3 heterocycles. The zero-order chi connectivity index (χ0) is 26.3. The SMILES string of the molecule is CC1(C(=O)N2CCC(c3ccc(C(F)F)cc3N3CCC(C(=O)O)CC3)CC2)CCN(C(C)(C)C)C1. The van der Waals surface area contributed by atoms with E-state index in [4.69, 9.17) is 0 Å². The maximum absolute atomic E-state index is 13.5. The molecule has 0 aromatic heterocycles. The van der Waals surface area contributed by atoms with E-state index in [9.17, 15) is 23.5 Å². The lowest BCUT2D eigenvalue weighted by Crippen LogP contribution is -2.48. The first-order valence-corrected chi connectivity index (χ1v) is 13.3. The minimum absolute atomic E-state index is 0.000664. The minimum atomic E-state index is -2.55. The standard InChI is InChI=1S/C28H41F2N3O3/c1-27(2,3)33-16-11-28(4,18-33)26(36)32-14-7-19(8-15-32)22-6-5-21(24(29)30)17-23(22)31-12-9-20(10-13-31)25(34)35/h5-6,17,19-20,24H,7-16,18H2,1-4H3,(H,34,35). The number of anilines is 1. The number of carbonyl (C=O) groups is 2. The fourth-order valence-corrected chi connectivity index (χ4v) is 6.17. The van der Waals surface area contributed by atoms with E-state index in [-0.39, 0.29) is 34.3 Å². The van der Waals surface area contributed by atoms with Gasteiger partial charge in [-0.15, -0.1) is 0 Å². The van der Waals surface area contributed by atoms with Gasteiger partial charge in [0.1, 0.15) is 0 Å². The minimum Gasteiger partial charge on any atom is -0.481 e. The van der Waals surface area contributed by atoms with Gasteiger partial charge in [0.05, 0.1) is 11.3 Å². The van der Waals surface area contributed by atoms with Gasteiger partial charge in [0.2, 0.25) is 5.91 Å². The molecule has 3 saturated heterocycles. The number of piperidine rings is 2. The summed E-state index contributed by atoms with van der Waals surface area (Å²) in [5, 5.41) is 9.34. The number of carboxylic acids is 1. The van der Waals surface area contributed by atoms with Crippen molar-refractivity contribution in [3.05, 3.63) is 29.3 Å². The van der Waals surface area contributed by atoms with Gasteiger partial charge in [-0.3, -0.25) is 14.5 Å². The molecule has 0 radical (unpaired) electrons. The Morgan fingerprint density at radius 1 is 1.03 bits per heavy atom. The zero-order valence-corrected chi connectivity index (χ0v) is 22.1. The van der Waals surface area contributed by atoms with E-state index in [2.05, 4.69) is 37.5 Å². The van der Waals surface area contributed by atoms with Crippen molar-refractivity contribution in [1.82, 2.24) is 9.80 Å². The predicted molar refractivity (Wildman–Crippen MR) is 137 cm³/mol. The molecule has 3 fully saturated rings. The Kier molecular flexibility index (Phi) is 7.65. The molecule has 0 saturated carbocycles. The van der Waals surface area contributed by atoms with Gasteiger partial charge >= 0.3 is 5.97 Å². The number of hydrogen-bond acceptors (Lipinski definition) is 4. The van der Waals surface area contributed by atoms with Crippen LogP contribution in [-0.4, -0.2) is 71.6 Å². The van der Waals surface area contributed by atoms with Crippen molar-refractivity contribution in [3.63, 3.8) is 0 Å². The van der Waals surface area contributed by atoms with Gasteiger partial charge < -0.3 is 14.9 Å². The number of rotatable bonds is 5. The molecule has 4 rings (SSSR count). The van der Waals surface area contributed by atoms with Crippen LogP contribution in [0.3, 0.4) is 0 Å². The van der Waals surface area contributed by atoms with Crippen molar-refractivity contribution in [2.24, 2.45) is 11.3 Å². The van der Waals surface area contributed by atoms with Crippen LogP contribution in [0.5, 0.6) is 0 Å². The number of benzene rings is 1. The molecule has 0 spiro atoms. The number of halogens is 2. The molecule has 200 valence electrons. The number of nitrogens with zero attached hydrogens (tertiary/aromatic N) is 3. The van der Waals surface area contributed by atoms with E-state index in [1.54, 1.807) is 6.07 Å². The molecule has 1 N–H and O–H groups in total. The molecule has 0 bridgehead atoms. The van der Waals surface area contributed by atoms with Crippen LogP contribution >= 0.6 is 0 Å². The van der Waals surface area contributed by atoms with E-state index in [0.717, 1.165) is 43.6 Å². The topological polar surface area (TPSA) is 64.1 Å². The van der Waals surface area contributed by atoms with Crippen LogP contribution in [0.15, 0.2) is 18.2 Å². The first-order chi connectivity index (χ1) is 16.9. The molecule has 36 heavy (non-hydrogen) atoms. The fraction of sp³-hybridized carbons (Fsp3) is 0.714. The third kappa shape index (κ3) is 5.53. The zero-order valence-electron chi connectivity index (χ0n) is 22.1. The van der Waals surface area contributed by atoms with Crippen LogP contribution < -0.4 is 4.90 Å². The Morgan fingerprint density at radius 3 is 2.19 bits per heavy atom. The smallest absolute Gasteiger partial charge is 0.306 e. The predicted octanol–water partition coefficient (Wildman–Crippen LogP) is 5.14. The van der Waals surface area contributed by atoms with E-state index < -0.39 is 12.4 Å². The summed E-state index contributed by atoms with van der Waals surface area (Å²) in [7, 11) is 0. The van der Waals surface area contributed by atoms with Crippen LogP contribution in [0.4, 0.5) is 14.5 Å². The summed E-state index contributed by atoms with van der Waals surface area (Å²) in [4.78, 5) is 31.4. The maximum atomic E-state index is 13.5. The van der Waals surface area contributed by atoms with Gasteiger partial charge in [0, 0.05) is 49.5 Å². The maximum Gasteiger partial charge on any atom is 0.306 e. The lowest BCUT2D eigenvalue weighted by atomic mass is 9.83. The summed E-state index contributed by atoms with van der Waals surface area (Å²) >= 11 is 0. The van der Waals surface area contributed by atoms with E-state index in [1.807, 2.05) is 11.0 Å². The normalized spacial score (nSPS) is 25.1. The molecule has 1 aromatic rings. The number of likely N-dealkylation sites (tertiary alicyclic amines) is 2. The number of hydrogen-bond donors (Lipinski definition) is 1. The second-order valence-corrected chi connectivity index (χ2v) is 12.2. The molecular weight excluding hydrogens is 464 g/mol. The summed E-state index contributed by atoms with van der Waals surface area (Å²) < 4.78 is 27.1. The van der Waals surface area contributed by atoms with Gasteiger partial charge in [-0.1, -0.05) is 12.1 Å². The summed E-state index contributed by atoms with van der Waals surface area (Å²) in [6.45, 7) is 12.8. The molecule has 0 aliphatic carbocycles. The Morgan fingerprint density at radius 2 is 1.67 bits per heavy atom. The second-order valence-electron chi connectivity index (χ2n) is 12.2. The summed E-state index contributed by atoms with van der Waals surface area (Å²) in [6.07, 6.45) is 0.965. The molecule has 1 aromatic carbocycles. The highest BCUT2D eigenvalue weighted by atomic mass is 19.3. The Labute approximate surface area is 213 Å². The van der Waals surface area contributed by atoms with E-state index >= 15 is 0 Å². The highest BCUT2D eigenvalue weighted by Crippen LogP contribution is 2.41. The van der Waals surface area contributed by atoms with Crippen LogP contribution in [0, 0.1) is 11.3 Å². The molecular formula is C28H41F2N3O3. The first-order valence-electron chi connectivity index (χ1n) is 13.3. The number of amides is 1. The Hall–Kier alpha value is -2.22. The average molecular weight is 506 g/mol. The molecule has 6 nitrogen and oxygen atoms in total. The van der Waals surface area contributed by atoms with E-state index in [0.29, 0.717) is 39.0 Å². The molecule has 1 unspecified atom stereocenters. The highest BCUT2D eigenvalue weighted by molar-refractivity contribution is 5.83. The van der Waals surface area contributed by atoms with Crippen LogP contribution in [0.1, 0.15) is 83.3 Å². The number of carboxylic acid groups (broad SMARTS) is 1. The van der Waals surface area contributed by atoms with E-state index in [1.165, 1.54) is 6.07 Å². The first kappa shape index (κ1) is 26.8. The van der Waals surface area contributed by atoms with Crippen molar-refractivity contribution in [2.45, 2.75) is 77.7 Å². The summed E-state index contributed by atoms with van der Waals surface area (Å²) in [5.41, 5.74) is 1.54. The van der Waals surface area contributed by atoms with Crippen molar-refractivity contribution in [3.8, 4) is 0 Å². The van der Waals surface area contributed by atoms with Crippen molar-refractivity contribution >= 4 is 17.6 Å². The summed E-state index contributed by atoms with van der Waals surface area (Å²) in [5.74, 6) is -0.731. The Balaban J connectivity index is 1.45. The molecule has 1 amide bonds. The Bertz CT molecular complexity index is 963. The summed E-state index contributed by atoms with van der Waals surface area (Å²) in [6, 6.07) is 4.95. The molecule has 1 atom stereocenters. The highest BCUT2D eigenvalue weighted by Gasteiger charge is 2.45. The van der Waals surface area contributed by atoms with Crippen LogP contribution in [0.2, 0.25) is 0 Å². The van der Waals surface area contributed by atoms with Gasteiger partial charge in [-0.05, 0) is 83.9 Å².